The van der Waals surface area contributed by atoms with E-state index in [4.69, 9.17) is 4.74 Å². The van der Waals surface area contributed by atoms with Gasteiger partial charge in [-0.2, -0.15) is 0 Å². The first-order valence-corrected chi connectivity index (χ1v) is 11.2. The number of hydrazine groups is 1. The summed E-state index contributed by atoms with van der Waals surface area (Å²) < 4.78 is 5.13. The highest BCUT2D eigenvalue weighted by Crippen LogP contribution is 2.12. The zero-order valence-electron chi connectivity index (χ0n) is 19.4. The van der Waals surface area contributed by atoms with Gasteiger partial charge in [-0.15, -0.1) is 0 Å². The molecule has 3 aromatic carbocycles. The zero-order chi connectivity index (χ0) is 25.0. The van der Waals surface area contributed by atoms with Crippen LogP contribution < -0.4 is 16.2 Å². The minimum absolute atomic E-state index is 0.0914. The van der Waals surface area contributed by atoms with E-state index in [1.807, 2.05) is 43.3 Å². The Kier molecular flexibility index (Phi) is 9.13. The van der Waals surface area contributed by atoms with Crippen LogP contribution in [0.2, 0.25) is 0 Å². The second kappa shape index (κ2) is 12.7. The number of amides is 3. The number of hydrogen-bond acceptors (Lipinski definition) is 5. The van der Waals surface area contributed by atoms with Crippen LogP contribution in [0.25, 0.3) is 0 Å². The van der Waals surface area contributed by atoms with E-state index < -0.39 is 17.8 Å². The SMILES string of the molecule is Cc1cccc(C(=O)Nc2ccc(C(=O)NNC(=O)CCC(=O)OCCc3ccccc3)cc2)c1. The van der Waals surface area contributed by atoms with Gasteiger partial charge in [0.1, 0.15) is 0 Å². The van der Waals surface area contributed by atoms with Gasteiger partial charge in [0.05, 0.1) is 13.0 Å². The molecule has 0 saturated heterocycles. The molecule has 0 bridgehead atoms. The molecule has 180 valence electrons. The number of esters is 1. The minimum Gasteiger partial charge on any atom is -0.465 e. The molecular formula is C27H27N3O5. The Labute approximate surface area is 203 Å². The fraction of sp³-hybridized carbons (Fsp3) is 0.185. The van der Waals surface area contributed by atoms with E-state index in [1.165, 1.54) is 12.1 Å². The number of benzene rings is 3. The van der Waals surface area contributed by atoms with Crippen LogP contribution in [0, 0.1) is 6.92 Å². The maximum Gasteiger partial charge on any atom is 0.306 e. The molecule has 0 aromatic heterocycles. The number of rotatable bonds is 9. The summed E-state index contributed by atoms with van der Waals surface area (Å²) in [7, 11) is 0. The number of hydrogen-bond donors (Lipinski definition) is 3. The second-order valence-corrected chi connectivity index (χ2v) is 7.86. The first-order valence-electron chi connectivity index (χ1n) is 11.2. The molecule has 3 rings (SSSR count). The van der Waals surface area contributed by atoms with Gasteiger partial charge in [-0.3, -0.25) is 30.0 Å². The lowest BCUT2D eigenvalue weighted by molar-refractivity contribution is -0.144. The van der Waals surface area contributed by atoms with E-state index in [2.05, 4.69) is 16.2 Å². The van der Waals surface area contributed by atoms with Crippen LogP contribution in [-0.2, 0) is 20.7 Å². The highest BCUT2D eigenvalue weighted by atomic mass is 16.5. The third-order valence-corrected chi connectivity index (χ3v) is 5.05. The number of carbonyl (C=O) groups is 4. The second-order valence-electron chi connectivity index (χ2n) is 7.86. The molecular weight excluding hydrogens is 446 g/mol. The molecule has 35 heavy (non-hydrogen) atoms. The van der Waals surface area contributed by atoms with Crippen LogP contribution in [0.5, 0.6) is 0 Å². The van der Waals surface area contributed by atoms with Crippen molar-refractivity contribution < 1.29 is 23.9 Å². The average Bonchev–Trinajstić information content (AvgIpc) is 2.87. The Balaban J connectivity index is 1.36. The molecule has 0 fully saturated rings. The molecule has 3 amide bonds. The summed E-state index contributed by atoms with van der Waals surface area (Å²) in [5, 5.41) is 2.77. The Morgan fingerprint density at radius 1 is 0.743 bits per heavy atom. The molecule has 8 nitrogen and oxygen atoms in total. The quantitative estimate of drug-likeness (QED) is 0.325. The van der Waals surface area contributed by atoms with Crippen LogP contribution >= 0.6 is 0 Å². The molecule has 0 heterocycles. The number of carbonyl (C=O) groups excluding carboxylic acids is 4. The van der Waals surface area contributed by atoms with Crippen LogP contribution in [0.15, 0.2) is 78.9 Å². The van der Waals surface area contributed by atoms with Crippen molar-refractivity contribution in [1.29, 1.82) is 0 Å². The maximum atomic E-state index is 12.3. The van der Waals surface area contributed by atoms with E-state index in [9.17, 15) is 19.2 Å². The molecule has 0 saturated carbocycles. The lowest BCUT2D eigenvalue weighted by Gasteiger charge is -2.09. The third-order valence-electron chi connectivity index (χ3n) is 5.05. The predicted molar refractivity (Wildman–Crippen MR) is 132 cm³/mol. The standard InChI is InChI=1S/C27H27N3O5/c1-19-6-5-9-22(18-19)26(33)28-23-12-10-21(11-13-23)27(34)30-29-24(31)14-15-25(32)35-17-16-20-7-3-2-4-8-20/h2-13,18H,14-17H2,1H3,(H,28,33)(H,29,31)(H,30,34). The molecule has 0 atom stereocenters. The minimum atomic E-state index is -0.527. The fourth-order valence-corrected chi connectivity index (χ4v) is 3.17. The monoisotopic (exact) mass is 473 g/mol. The molecule has 0 aliphatic rings. The third kappa shape index (κ3) is 8.43. The molecule has 0 spiro atoms. The van der Waals surface area contributed by atoms with Crippen LogP contribution in [-0.4, -0.2) is 30.3 Å². The number of nitrogens with one attached hydrogen (secondary N) is 3. The molecule has 8 heteroatoms. The van der Waals surface area contributed by atoms with Crippen molar-refractivity contribution in [2.45, 2.75) is 26.2 Å². The smallest absolute Gasteiger partial charge is 0.306 e. The zero-order valence-corrected chi connectivity index (χ0v) is 19.4. The van der Waals surface area contributed by atoms with Gasteiger partial charge in [0.2, 0.25) is 5.91 Å². The Morgan fingerprint density at radius 2 is 1.49 bits per heavy atom. The first kappa shape index (κ1) is 25.2. The molecule has 0 aliphatic carbocycles. The average molecular weight is 474 g/mol. The van der Waals surface area contributed by atoms with Gasteiger partial charge >= 0.3 is 5.97 Å². The molecule has 0 radical (unpaired) electrons. The number of ether oxygens (including phenoxy) is 1. The highest BCUT2D eigenvalue weighted by Gasteiger charge is 2.11. The topological polar surface area (TPSA) is 114 Å². The van der Waals surface area contributed by atoms with Crippen molar-refractivity contribution in [3.05, 3.63) is 101 Å². The summed E-state index contributed by atoms with van der Waals surface area (Å²) in [6, 6.07) is 23.1. The summed E-state index contributed by atoms with van der Waals surface area (Å²) in [4.78, 5) is 48.3. The van der Waals surface area contributed by atoms with Crippen LogP contribution in [0.3, 0.4) is 0 Å². The van der Waals surface area contributed by atoms with Crippen LogP contribution in [0.4, 0.5) is 5.69 Å². The van der Waals surface area contributed by atoms with Crippen molar-refractivity contribution in [1.82, 2.24) is 10.9 Å². The Hall–Kier alpha value is -4.46. The van der Waals surface area contributed by atoms with Crippen molar-refractivity contribution in [2.75, 3.05) is 11.9 Å². The summed E-state index contributed by atoms with van der Waals surface area (Å²) in [6.45, 7) is 2.14. The number of aryl methyl sites for hydroxylation is 1. The van der Waals surface area contributed by atoms with Crippen molar-refractivity contribution in [3.63, 3.8) is 0 Å². The predicted octanol–water partition coefficient (Wildman–Crippen LogP) is 3.57. The van der Waals surface area contributed by atoms with Gasteiger partial charge in [0, 0.05) is 29.7 Å². The van der Waals surface area contributed by atoms with Crippen LogP contribution in [0.1, 0.15) is 44.7 Å². The van der Waals surface area contributed by atoms with Gasteiger partial charge in [-0.1, -0.05) is 48.0 Å². The van der Waals surface area contributed by atoms with Gasteiger partial charge in [0.25, 0.3) is 11.8 Å². The molecule has 3 N–H and O–H groups in total. The van der Waals surface area contributed by atoms with E-state index >= 15 is 0 Å². The van der Waals surface area contributed by atoms with Crippen molar-refractivity contribution in [2.24, 2.45) is 0 Å². The first-order chi connectivity index (χ1) is 16.9. The summed E-state index contributed by atoms with van der Waals surface area (Å²) in [6.07, 6.45) is 0.392. The fourth-order valence-electron chi connectivity index (χ4n) is 3.17. The van der Waals surface area contributed by atoms with Gasteiger partial charge in [-0.25, -0.2) is 0 Å². The maximum absolute atomic E-state index is 12.3. The molecule has 0 aliphatic heterocycles. The molecule has 3 aromatic rings. The van der Waals surface area contributed by atoms with E-state index in [-0.39, 0.29) is 25.4 Å². The number of anilines is 1. The highest BCUT2D eigenvalue weighted by molar-refractivity contribution is 6.04. The largest absolute Gasteiger partial charge is 0.465 e. The van der Waals surface area contributed by atoms with Gasteiger partial charge in [0.15, 0.2) is 0 Å². The lowest BCUT2D eigenvalue weighted by Crippen LogP contribution is -2.41. The van der Waals surface area contributed by atoms with Crippen molar-refractivity contribution in [3.8, 4) is 0 Å². The van der Waals surface area contributed by atoms with E-state index in [0.717, 1.165) is 11.1 Å². The summed E-state index contributed by atoms with van der Waals surface area (Å²) >= 11 is 0. The Morgan fingerprint density at radius 3 is 2.20 bits per heavy atom. The van der Waals surface area contributed by atoms with E-state index in [1.54, 1.807) is 30.3 Å². The molecule has 0 unspecified atom stereocenters. The van der Waals surface area contributed by atoms with Gasteiger partial charge in [-0.05, 0) is 48.9 Å². The van der Waals surface area contributed by atoms with Crippen molar-refractivity contribution >= 4 is 29.4 Å². The van der Waals surface area contributed by atoms with E-state index in [0.29, 0.717) is 23.2 Å². The van der Waals surface area contributed by atoms with Gasteiger partial charge < -0.3 is 10.1 Å². The summed E-state index contributed by atoms with van der Waals surface area (Å²) in [5.41, 5.74) is 7.97. The Bertz CT molecular complexity index is 1180. The summed E-state index contributed by atoms with van der Waals surface area (Å²) in [5.74, 6) is -1.77. The lowest BCUT2D eigenvalue weighted by atomic mass is 10.1. The normalized spacial score (nSPS) is 10.2.